The quantitative estimate of drug-likeness (QED) is 0.800. The van der Waals surface area contributed by atoms with E-state index in [1.165, 1.54) is 6.42 Å². The molecule has 3 nitrogen and oxygen atoms in total. The minimum Gasteiger partial charge on any atom is -0.341 e. The molecule has 0 aromatic rings. The van der Waals surface area contributed by atoms with Crippen LogP contribution in [0.4, 0.5) is 0 Å². The van der Waals surface area contributed by atoms with Gasteiger partial charge in [0.05, 0.1) is 5.54 Å². The van der Waals surface area contributed by atoms with Crippen molar-refractivity contribution in [1.82, 2.24) is 10.2 Å². The van der Waals surface area contributed by atoms with Crippen LogP contribution >= 0.6 is 0 Å². The second-order valence-electron chi connectivity index (χ2n) is 5.57. The summed E-state index contributed by atoms with van der Waals surface area (Å²) in [5.74, 6) is 0.881. The number of nitrogens with one attached hydrogen (secondary N) is 1. The van der Waals surface area contributed by atoms with E-state index in [2.05, 4.69) is 33.0 Å². The molecule has 1 N–H and O–H groups in total. The smallest absolute Gasteiger partial charge is 0.242 e. The zero-order chi connectivity index (χ0) is 12.9. The van der Waals surface area contributed by atoms with Gasteiger partial charge in [-0.2, -0.15) is 0 Å². The van der Waals surface area contributed by atoms with Crippen LogP contribution in [-0.2, 0) is 4.79 Å². The van der Waals surface area contributed by atoms with Crippen molar-refractivity contribution in [1.29, 1.82) is 0 Å². The third kappa shape index (κ3) is 3.70. The van der Waals surface area contributed by atoms with E-state index in [0.717, 1.165) is 38.9 Å². The average molecular weight is 240 g/mol. The molecule has 1 aliphatic rings. The monoisotopic (exact) mass is 240 g/mol. The van der Waals surface area contributed by atoms with Crippen molar-refractivity contribution in [2.24, 2.45) is 5.92 Å². The van der Waals surface area contributed by atoms with Crippen LogP contribution in [0.5, 0.6) is 0 Å². The third-order valence-corrected chi connectivity index (χ3v) is 3.99. The summed E-state index contributed by atoms with van der Waals surface area (Å²) in [7, 11) is 0. The number of carbonyl (C=O) groups excluding carboxylic acids is 1. The average Bonchev–Trinajstić information content (AvgIpc) is 2.35. The maximum Gasteiger partial charge on any atom is 0.242 e. The van der Waals surface area contributed by atoms with Crippen LogP contribution in [0.3, 0.4) is 0 Å². The van der Waals surface area contributed by atoms with Crippen molar-refractivity contribution in [3.05, 3.63) is 0 Å². The van der Waals surface area contributed by atoms with E-state index < -0.39 is 0 Å². The molecule has 0 aliphatic carbocycles. The predicted molar refractivity (Wildman–Crippen MR) is 72.0 cm³/mol. The topological polar surface area (TPSA) is 32.3 Å². The molecule has 1 saturated heterocycles. The Balaban J connectivity index is 2.64. The van der Waals surface area contributed by atoms with Crippen LogP contribution in [-0.4, -0.2) is 36.0 Å². The lowest BCUT2D eigenvalue weighted by molar-refractivity contribution is -0.139. The number of nitrogens with zero attached hydrogens (tertiary/aromatic N) is 1. The third-order valence-electron chi connectivity index (χ3n) is 3.99. The summed E-state index contributed by atoms with van der Waals surface area (Å²) in [5, 5.41) is 3.41. The number of carbonyl (C=O) groups is 1. The molecule has 2 unspecified atom stereocenters. The maximum absolute atomic E-state index is 12.6. The number of amides is 1. The fraction of sp³-hybridized carbons (Fsp3) is 0.929. The van der Waals surface area contributed by atoms with E-state index in [0.29, 0.717) is 11.8 Å². The number of piperidine rings is 1. The fourth-order valence-electron chi connectivity index (χ4n) is 2.45. The first kappa shape index (κ1) is 14.5. The molecule has 1 amide bonds. The Morgan fingerprint density at radius 1 is 1.41 bits per heavy atom. The molecule has 3 heteroatoms. The zero-order valence-electron chi connectivity index (χ0n) is 11.9. The van der Waals surface area contributed by atoms with Gasteiger partial charge >= 0.3 is 0 Å². The second-order valence-corrected chi connectivity index (χ2v) is 5.57. The van der Waals surface area contributed by atoms with Crippen LogP contribution in [0.25, 0.3) is 0 Å². The van der Waals surface area contributed by atoms with Crippen molar-refractivity contribution in [2.45, 2.75) is 58.9 Å². The lowest BCUT2D eigenvalue weighted by Gasteiger charge is -2.38. The lowest BCUT2D eigenvalue weighted by atomic mass is 9.89. The van der Waals surface area contributed by atoms with Gasteiger partial charge in [0, 0.05) is 13.1 Å². The zero-order valence-corrected chi connectivity index (χ0v) is 11.9. The molecule has 0 radical (unpaired) electrons. The van der Waals surface area contributed by atoms with Gasteiger partial charge < -0.3 is 10.2 Å². The van der Waals surface area contributed by atoms with Gasteiger partial charge in [0.2, 0.25) is 5.91 Å². The normalized spacial score (nSPS) is 26.6. The summed E-state index contributed by atoms with van der Waals surface area (Å²) < 4.78 is 0. The van der Waals surface area contributed by atoms with E-state index in [1.807, 2.05) is 4.90 Å². The first-order valence-electron chi connectivity index (χ1n) is 7.08. The lowest BCUT2D eigenvalue weighted by Crippen LogP contribution is -2.58. The summed E-state index contributed by atoms with van der Waals surface area (Å²) in [5.41, 5.74) is -0.318. The van der Waals surface area contributed by atoms with Gasteiger partial charge in [0.15, 0.2) is 0 Å². The SMILES string of the molecule is CCC(C)CN(CC)C(=O)C1(C)CCCCN1. The fourth-order valence-corrected chi connectivity index (χ4v) is 2.45. The van der Waals surface area contributed by atoms with Crippen LogP contribution in [0, 0.1) is 5.92 Å². The van der Waals surface area contributed by atoms with Crippen molar-refractivity contribution in [3.8, 4) is 0 Å². The Kier molecular flexibility index (Phi) is 5.44. The summed E-state index contributed by atoms with van der Waals surface area (Å²) in [6.45, 7) is 11.2. The highest BCUT2D eigenvalue weighted by Crippen LogP contribution is 2.22. The van der Waals surface area contributed by atoms with Gasteiger partial charge in [-0.25, -0.2) is 0 Å². The van der Waals surface area contributed by atoms with Gasteiger partial charge in [-0.05, 0) is 45.6 Å². The summed E-state index contributed by atoms with van der Waals surface area (Å²) in [4.78, 5) is 14.6. The van der Waals surface area contributed by atoms with Gasteiger partial charge in [-0.1, -0.05) is 20.3 Å². The highest BCUT2D eigenvalue weighted by atomic mass is 16.2. The Morgan fingerprint density at radius 3 is 2.59 bits per heavy atom. The van der Waals surface area contributed by atoms with E-state index in [9.17, 15) is 4.79 Å². The first-order chi connectivity index (χ1) is 8.03. The predicted octanol–water partition coefficient (Wildman–Crippen LogP) is 2.41. The van der Waals surface area contributed by atoms with Gasteiger partial charge in [-0.3, -0.25) is 4.79 Å². The molecular weight excluding hydrogens is 212 g/mol. The molecule has 1 heterocycles. The van der Waals surface area contributed by atoms with E-state index >= 15 is 0 Å². The van der Waals surface area contributed by atoms with Crippen LogP contribution in [0.1, 0.15) is 53.4 Å². The van der Waals surface area contributed by atoms with Crippen molar-refractivity contribution in [3.63, 3.8) is 0 Å². The Labute approximate surface area is 106 Å². The number of likely N-dealkylation sites (N-methyl/N-ethyl adjacent to an activating group) is 1. The Morgan fingerprint density at radius 2 is 2.12 bits per heavy atom. The molecule has 0 aromatic carbocycles. The Hall–Kier alpha value is -0.570. The molecule has 17 heavy (non-hydrogen) atoms. The van der Waals surface area contributed by atoms with Crippen molar-refractivity contribution in [2.75, 3.05) is 19.6 Å². The highest BCUT2D eigenvalue weighted by molar-refractivity contribution is 5.86. The molecule has 100 valence electrons. The molecule has 0 saturated carbocycles. The van der Waals surface area contributed by atoms with Crippen LogP contribution in [0.15, 0.2) is 0 Å². The molecule has 2 atom stereocenters. The summed E-state index contributed by atoms with van der Waals surface area (Å²) in [6.07, 6.45) is 4.47. The maximum atomic E-state index is 12.6. The molecule has 1 aliphatic heterocycles. The first-order valence-corrected chi connectivity index (χ1v) is 7.08. The van der Waals surface area contributed by atoms with Crippen LogP contribution in [0.2, 0.25) is 0 Å². The van der Waals surface area contributed by atoms with Gasteiger partial charge in [0.25, 0.3) is 0 Å². The molecule has 0 spiro atoms. The molecular formula is C14H28N2O. The molecule has 1 fully saturated rings. The van der Waals surface area contributed by atoms with Gasteiger partial charge in [-0.15, -0.1) is 0 Å². The molecule has 0 bridgehead atoms. The second kappa shape index (κ2) is 6.39. The number of rotatable bonds is 5. The van der Waals surface area contributed by atoms with E-state index in [4.69, 9.17) is 0 Å². The Bertz CT molecular complexity index is 247. The standard InChI is InChI=1S/C14H28N2O/c1-5-12(3)11-16(6-2)13(17)14(4)9-7-8-10-15-14/h12,15H,5-11H2,1-4H3. The van der Waals surface area contributed by atoms with Crippen molar-refractivity contribution >= 4 is 5.91 Å². The minimum absolute atomic E-state index is 0.292. The summed E-state index contributed by atoms with van der Waals surface area (Å²) >= 11 is 0. The minimum atomic E-state index is -0.318. The number of hydrogen-bond acceptors (Lipinski definition) is 2. The van der Waals surface area contributed by atoms with Crippen molar-refractivity contribution < 1.29 is 4.79 Å². The summed E-state index contributed by atoms with van der Waals surface area (Å²) in [6, 6.07) is 0. The number of hydrogen-bond donors (Lipinski definition) is 1. The van der Waals surface area contributed by atoms with E-state index in [-0.39, 0.29) is 5.54 Å². The van der Waals surface area contributed by atoms with Gasteiger partial charge in [0.1, 0.15) is 0 Å². The van der Waals surface area contributed by atoms with Crippen LogP contribution < -0.4 is 5.32 Å². The largest absolute Gasteiger partial charge is 0.341 e. The van der Waals surface area contributed by atoms with E-state index in [1.54, 1.807) is 0 Å². The molecule has 1 rings (SSSR count). The highest BCUT2D eigenvalue weighted by Gasteiger charge is 2.37. The molecule has 0 aromatic heterocycles.